The predicted octanol–water partition coefficient (Wildman–Crippen LogP) is 19.2. The number of ether oxygens (including phenoxy) is 2. The molecule has 75 heavy (non-hydrogen) atoms. The van der Waals surface area contributed by atoms with Crippen LogP contribution < -0.4 is 5.73 Å². The second-order valence-corrected chi connectivity index (χ2v) is 20.9. The van der Waals surface area contributed by atoms with E-state index in [9.17, 15) is 19.0 Å². The van der Waals surface area contributed by atoms with Crippen LogP contribution >= 0.6 is 7.82 Å². The largest absolute Gasteiger partial charge is 0.472 e. The van der Waals surface area contributed by atoms with E-state index in [-0.39, 0.29) is 32.6 Å². The molecular weight excluding hydrogens is 954 g/mol. The Labute approximate surface area is 460 Å². The van der Waals surface area contributed by atoms with Gasteiger partial charge in [-0.3, -0.25) is 18.6 Å². The Kier molecular flexibility index (Phi) is 56.8. The Balaban J connectivity index is 4.04. The standard InChI is InChI=1S/C65H110NO8P/c1-3-5-7-9-11-13-15-17-19-21-23-25-27-28-29-30-31-32-33-34-36-38-40-42-44-46-48-50-52-54-56-58-65(68)74-63(62-73-75(69,70)72-60-59-66)61-71-64(67)57-55-53-51-49-47-45-43-41-39-37-35-26-24-22-20-18-16-14-12-10-8-6-4-2/h5,7,11,13,16-19,22-25,28-29,31-32,34-37,63H,3-4,6,8-10,12,14-15,20-21,26-27,30,33,38-62,66H2,1-2H3,(H,69,70)/b7-5-,13-11-,18-16-,19-17-,24-22-,25-23-,29-28-,32-31-,36-34-,37-35-. The van der Waals surface area contributed by atoms with Gasteiger partial charge in [-0.1, -0.05) is 245 Å². The molecular formula is C65H110NO8P. The Morgan fingerprint density at radius 2 is 0.733 bits per heavy atom. The van der Waals surface area contributed by atoms with Crippen molar-refractivity contribution in [2.24, 2.45) is 5.73 Å². The summed E-state index contributed by atoms with van der Waals surface area (Å²) in [6.45, 7) is 3.60. The average molecular weight is 1060 g/mol. The number of esters is 2. The van der Waals surface area contributed by atoms with Crippen LogP contribution in [-0.4, -0.2) is 49.3 Å². The second-order valence-electron chi connectivity index (χ2n) is 19.5. The molecule has 0 aliphatic carbocycles. The average Bonchev–Trinajstić information content (AvgIpc) is 3.40. The Bertz CT molecular complexity index is 1640. The molecule has 0 rings (SSSR count). The Morgan fingerprint density at radius 1 is 0.413 bits per heavy atom. The topological polar surface area (TPSA) is 134 Å². The van der Waals surface area contributed by atoms with Gasteiger partial charge in [0.25, 0.3) is 0 Å². The third-order valence-electron chi connectivity index (χ3n) is 12.3. The maximum atomic E-state index is 12.7. The molecule has 0 heterocycles. The fourth-order valence-corrected chi connectivity index (χ4v) is 8.68. The summed E-state index contributed by atoms with van der Waals surface area (Å²) in [5, 5.41) is 0. The molecule has 10 heteroatoms. The Morgan fingerprint density at radius 3 is 1.09 bits per heavy atom. The van der Waals surface area contributed by atoms with Gasteiger partial charge in [0.2, 0.25) is 0 Å². The van der Waals surface area contributed by atoms with Gasteiger partial charge in [-0.05, 0) is 109 Å². The van der Waals surface area contributed by atoms with Crippen molar-refractivity contribution in [3.8, 4) is 0 Å². The molecule has 0 aromatic rings. The molecule has 9 nitrogen and oxygen atoms in total. The number of phosphoric ester groups is 1. The van der Waals surface area contributed by atoms with Crippen LogP contribution in [0.2, 0.25) is 0 Å². The van der Waals surface area contributed by atoms with E-state index < -0.39 is 32.5 Å². The number of allylic oxidation sites excluding steroid dienone is 20. The summed E-state index contributed by atoms with van der Waals surface area (Å²) in [5.41, 5.74) is 5.38. The van der Waals surface area contributed by atoms with E-state index in [0.717, 1.165) is 116 Å². The highest BCUT2D eigenvalue weighted by atomic mass is 31.2. The second kappa shape index (κ2) is 59.7. The summed E-state index contributed by atoms with van der Waals surface area (Å²) in [6, 6.07) is 0. The molecule has 0 saturated heterocycles. The molecule has 0 radical (unpaired) electrons. The van der Waals surface area contributed by atoms with Crippen LogP contribution in [0.4, 0.5) is 0 Å². The number of nitrogens with two attached hydrogens (primary N) is 1. The molecule has 2 unspecified atom stereocenters. The summed E-state index contributed by atoms with van der Waals surface area (Å²) in [7, 11) is -4.40. The van der Waals surface area contributed by atoms with Crippen LogP contribution in [0.1, 0.15) is 245 Å². The van der Waals surface area contributed by atoms with Gasteiger partial charge >= 0.3 is 19.8 Å². The van der Waals surface area contributed by atoms with E-state index in [4.69, 9.17) is 24.3 Å². The molecule has 428 valence electrons. The lowest BCUT2D eigenvalue weighted by Crippen LogP contribution is -2.29. The van der Waals surface area contributed by atoms with Gasteiger partial charge in [-0.2, -0.15) is 0 Å². The van der Waals surface area contributed by atoms with E-state index in [0.29, 0.717) is 6.42 Å². The fraction of sp³-hybridized carbons (Fsp3) is 0.662. The lowest BCUT2D eigenvalue weighted by Gasteiger charge is -2.19. The monoisotopic (exact) mass is 1060 g/mol. The first-order valence-corrected chi connectivity index (χ1v) is 31.5. The molecule has 0 bridgehead atoms. The third kappa shape index (κ3) is 59.5. The zero-order valence-corrected chi connectivity index (χ0v) is 48.6. The zero-order valence-electron chi connectivity index (χ0n) is 47.7. The highest BCUT2D eigenvalue weighted by Crippen LogP contribution is 2.43. The zero-order chi connectivity index (χ0) is 54.5. The van der Waals surface area contributed by atoms with Crippen molar-refractivity contribution in [2.45, 2.75) is 251 Å². The maximum Gasteiger partial charge on any atom is 0.472 e. The minimum absolute atomic E-state index is 0.0451. The molecule has 0 aromatic heterocycles. The summed E-state index contributed by atoms with van der Waals surface area (Å²) in [4.78, 5) is 35.2. The molecule has 0 fully saturated rings. The quantitative estimate of drug-likeness (QED) is 0.0264. The number of hydrogen-bond acceptors (Lipinski definition) is 8. The fourth-order valence-electron chi connectivity index (χ4n) is 7.92. The molecule has 0 saturated carbocycles. The number of carbonyl (C=O) groups excluding carboxylic acids is 2. The number of unbranched alkanes of at least 4 members (excludes halogenated alkanes) is 22. The van der Waals surface area contributed by atoms with Crippen molar-refractivity contribution in [1.82, 2.24) is 0 Å². The van der Waals surface area contributed by atoms with Crippen molar-refractivity contribution >= 4 is 19.8 Å². The van der Waals surface area contributed by atoms with Crippen LogP contribution in [0.5, 0.6) is 0 Å². The van der Waals surface area contributed by atoms with Gasteiger partial charge in [0.15, 0.2) is 6.10 Å². The van der Waals surface area contributed by atoms with Crippen LogP contribution in [0.3, 0.4) is 0 Å². The molecule has 3 N–H and O–H groups in total. The van der Waals surface area contributed by atoms with Crippen LogP contribution in [0.15, 0.2) is 122 Å². The minimum Gasteiger partial charge on any atom is -0.462 e. The Hall–Kier alpha value is -3.59. The van der Waals surface area contributed by atoms with Crippen molar-refractivity contribution < 1.29 is 37.6 Å². The van der Waals surface area contributed by atoms with E-state index in [1.165, 1.54) is 96.3 Å². The summed E-state index contributed by atoms with van der Waals surface area (Å²) >= 11 is 0. The van der Waals surface area contributed by atoms with Gasteiger partial charge in [0.1, 0.15) is 6.61 Å². The molecule has 0 spiro atoms. The lowest BCUT2D eigenvalue weighted by molar-refractivity contribution is -0.161. The molecule has 0 aliphatic rings. The van der Waals surface area contributed by atoms with Crippen molar-refractivity contribution in [3.05, 3.63) is 122 Å². The predicted molar refractivity (Wildman–Crippen MR) is 321 cm³/mol. The van der Waals surface area contributed by atoms with E-state index >= 15 is 0 Å². The number of phosphoric acid groups is 1. The van der Waals surface area contributed by atoms with Gasteiger partial charge < -0.3 is 20.1 Å². The van der Waals surface area contributed by atoms with Gasteiger partial charge in [0, 0.05) is 19.4 Å². The SMILES string of the molecule is CC/C=C\C/C=C\C/C=C\C/C=C\C/C=C\C/C=C\C/C=C\CCCCCCCCCCCC(=O)OC(COC(=O)CCCCCCCCCC/C=C\C/C=C\C/C=C\CCCCCCC)COP(=O)(O)OCCN. The third-order valence-corrected chi connectivity index (χ3v) is 13.3. The van der Waals surface area contributed by atoms with Crippen molar-refractivity contribution in [2.75, 3.05) is 26.4 Å². The first-order chi connectivity index (χ1) is 36.8. The van der Waals surface area contributed by atoms with Crippen molar-refractivity contribution in [1.29, 1.82) is 0 Å². The highest BCUT2D eigenvalue weighted by molar-refractivity contribution is 7.47. The number of hydrogen-bond donors (Lipinski definition) is 2. The highest BCUT2D eigenvalue weighted by Gasteiger charge is 2.26. The maximum absolute atomic E-state index is 12.7. The van der Waals surface area contributed by atoms with Crippen LogP contribution in [0, 0.1) is 0 Å². The smallest absolute Gasteiger partial charge is 0.462 e. The number of rotatable bonds is 55. The summed E-state index contributed by atoms with van der Waals surface area (Å²) in [6.07, 6.45) is 82.5. The molecule has 2 atom stereocenters. The van der Waals surface area contributed by atoms with Gasteiger partial charge in [0.05, 0.1) is 13.2 Å². The lowest BCUT2D eigenvalue weighted by atomic mass is 10.1. The van der Waals surface area contributed by atoms with E-state index in [1.807, 2.05) is 0 Å². The first-order valence-electron chi connectivity index (χ1n) is 30.0. The summed E-state index contributed by atoms with van der Waals surface area (Å²) < 4.78 is 33.1. The van der Waals surface area contributed by atoms with Crippen molar-refractivity contribution in [3.63, 3.8) is 0 Å². The minimum atomic E-state index is -4.40. The van der Waals surface area contributed by atoms with Crippen LogP contribution in [-0.2, 0) is 32.7 Å². The summed E-state index contributed by atoms with van der Waals surface area (Å²) in [5.74, 6) is -0.848. The normalized spacial score (nSPS) is 13.9. The van der Waals surface area contributed by atoms with Crippen LogP contribution in [0.25, 0.3) is 0 Å². The van der Waals surface area contributed by atoms with Gasteiger partial charge in [-0.15, -0.1) is 0 Å². The van der Waals surface area contributed by atoms with E-state index in [2.05, 4.69) is 135 Å². The van der Waals surface area contributed by atoms with Gasteiger partial charge in [-0.25, -0.2) is 4.57 Å². The first kappa shape index (κ1) is 71.4. The molecule has 0 aliphatic heterocycles. The number of carbonyl (C=O) groups is 2. The molecule has 0 amide bonds. The van der Waals surface area contributed by atoms with E-state index in [1.54, 1.807) is 0 Å². The molecule has 0 aromatic carbocycles.